The van der Waals surface area contributed by atoms with Crippen molar-refractivity contribution in [3.8, 4) is 5.75 Å². The van der Waals surface area contributed by atoms with E-state index >= 15 is 0 Å². The van der Waals surface area contributed by atoms with E-state index in [0.29, 0.717) is 18.6 Å². The largest absolute Gasteiger partial charge is 0.490 e. The molecule has 34 heavy (non-hydrogen) atoms. The molecule has 1 saturated heterocycles. The van der Waals surface area contributed by atoms with E-state index in [2.05, 4.69) is 55.1 Å². The van der Waals surface area contributed by atoms with Crippen molar-refractivity contribution in [1.29, 1.82) is 0 Å². The third-order valence-electron chi connectivity index (χ3n) is 7.80. The summed E-state index contributed by atoms with van der Waals surface area (Å²) in [5.74, 6) is 1.36. The maximum absolute atomic E-state index is 13.6. The molecule has 5 rings (SSSR count). The van der Waals surface area contributed by atoms with Crippen LogP contribution in [0.25, 0.3) is 0 Å². The lowest BCUT2D eigenvalue weighted by Crippen LogP contribution is -2.44. The predicted molar refractivity (Wildman–Crippen MR) is 134 cm³/mol. The molecule has 1 amide bonds. The highest BCUT2D eigenvalue weighted by molar-refractivity contribution is 5.70. The van der Waals surface area contributed by atoms with Crippen molar-refractivity contribution in [2.75, 3.05) is 26.2 Å². The van der Waals surface area contributed by atoms with Crippen LogP contribution in [0.15, 0.2) is 48.5 Å². The van der Waals surface area contributed by atoms with E-state index in [-0.39, 0.29) is 18.2 Å². The van der Waals surface area contributed by atoms with Gasteiger partial charge < -0.3 is 14.4 Å². The maximum Gasteiger partial charge on any atom is 0.410 e. The minimum Gasteiger partial charge on any atom is -0.490 e. The number of benzene rings is 2. The molecule has 182 valence electrons. The summed E-state index contributed by atoms with van der Waals surface area (Å²) in [6, 6.07) is 16.7. The Morgan fingerprint density at radius 1 is 0.971 bits per heavy atom. The second kappa shape index (κ2) is 10.4. The molecule has 0 bridgehead atoms. The van der Waals surface area contributed by atoms with Crippen molar-refractivity contribution >= 4 is 6.09 Å². The first kappa shape index (κ1) is 23.2. The molecule has 3 aliphatic rings. The molecule has 0 radical (unpaired) electrons. The van der Waals surface area contributed by atoms with Crippen LogP contribution in [0.1, 0.15) is 68.7 Å². The summed E-state index contributed by atoms with van der Waals surface area (Å²) in [4.78, 5) is 18.0. The van der Waals surface area contributed by atoms with E-state index in [9.17, 15) is 4.79 Å². The van der Waals surface area contributed by atoms with E-state index in [0.717, 1.165) is 69.5 Å². The molecule has 5 heteroatoms. The van der Waals surface area contributed by atoms with Gasteiger partial charge in [-0.15, -0.1) is 0 Å². The number of fused-ring (bicyclic) bond motifs is 1. The van der Waals surface area contributed by atoms with Crippen LogP contribution in [0.2, 0.25) is 0 Å². The first-order chi connectivity index (χ1) is 16.7. The normalized spacial score (nSPS) is 22.2. The second-order valence-corrected chi connectivity index (χ2v) is 10.0. The number of piperidine rings is 1. The lowest BCUT2D eigenvalue weighted by Gasteiger charge is -2.39. The third kappa shape index (κ3) is 5.10. The number of rotatable bonds is 7. The molecule has 0 aromatic heterocycles. The molecule has 2 aliphatic heterocycles. The van der Waals surface area contributed by atoms with E-state index in [1.54, 1.807) is 0 Å². The number of nitrogens with zero attached hydrogens (tertiary/aromatic N) is 2. The van der Waals surface area contributed by atoms with Gasteiger partial charge in [-0.25, -0.2) is 4.79 Å². The smallest absolute Gasteiger partial charge is 0.410 e. The van der Waals surface area contributed by atoms with Gasteiger partial charge in [0.2, 0.25) is 0 Å². The summed E-state index contributed by atoms with van der Waals surface area (Å²) in [5, 5.41) is 0. The molecule has 0 spiro atoms. The molecule has 2 aromatic carbocycles. The van der Waals surface area contributed by atoms with Crippen LogP contribution in [-0.2, 0) is 11.2 Å². The molecule has 0 N–H and O–H groups in total. The fourth-order valence-corrected chi connectivity index (χ4v) is 5.58. The highest BCUT2D eigenvalue weighted by atomic mass is 16.6. The molecule has 5 nitrogen and oxygen atoms in total. The van der Waals surface area contributed by atoms with Crippen molar-refractivity contribution in [3.05, 3.63) is 65.2 Å². The molecule has 0 unspecified atom stereocenters. The van der Waals surface area contributed by atoms with Gasteiger partial charge in [-0.1, -0.05) is 50.2 Å². The minimum absolute atomic E-state index is 0.0151. The molecule has 2 heterocycles. The minimum atomic E-state index is -0.178. The number of ether oxygens (including phenoxy) is 2. The van der Waals surface area contributed by atoms with Gasteiger partial charge in [0.15, 0.2) is 0 Å². The number of amides is 1. The summed E-state index contributed by atoms with van der Waals surface area (Å²) in [7, 11) is 0. The zero-order chi connectivity index (χ0) is 23.5. The van der Waals surface area contributed by atoms with Crippen molar-refractivity contribution in [3.63, 3.8) is 0 Å². The van der Waals surface area contributed by atoms with Crippen LogP contribution in [0.5, 0.6) is 5.75 Å². The number of carbonyl (C=O) groups is 1. The predicted octanol–water partition coefficient (Wildman–Crippen LogP) is 5.82. The lowest BCUT2D eigenvalue weighted by atomic mass is 9.88. The summed E-state index contributed by atoms with van der Waals surface area (Å²) in [6.07, 6.45) is 6.41. The van der Waals surface area contributed by atoms with Crippen LogP contribution in [0.3, 0.4) is 0 Å². The van der Waals surface area contributed by atoms with Crippen molar-refractivity contribution in [1.82, 2.24) is 9.80 Å². The molecule has 2 fully saturated rings. The molecular weight excluding hydrogens is 424 g/mol. The Morgan fingerprint density at radius 3 is 2.38 bits per heavy atom. The average molecular weight is 463 g/mol. The van der Waals surface area contributed by atoms with Gasteiger partial charge in [-0.3, -0.25) is 4.90 Å². The van der Waals surface area contributed by atoms with Crippen molar-refractivity contribution in [2.45, 2.75) is 70.6 Å². The van der Waals surface area contributed by atoms with Crippen LogP contribution in [-0.4, -0.2) is 54.3 Å². The number of hydrogen-bond donors (Lipinski definition) is 0. The number of likely N-dealkylation sites (tertiary alicyclic amines) is 1. The zero-order valence-corrected chi connectivity index (χ0v) is 20.6. The first-order valence-corrected chi connectivity index (χ1v) is 13.2. The fourth-order valence-electron chi connectivity index (χ4n) is 5.58. The number of carbonyl (C=O) groups excluding carboxylic acids is 1. The topological polar surface area (TPSA) is 42.0 Å². The molecule has 1 aliphatic carbocycles. The zero-order valence-electron chi connectivity index (χ0n) is 20.6. The van der Waals surface area contributed by atoms with Crippen LogP contribution < -0.4 is 4.74 Å². The number of hydrogen-bond acceptors (Lipinski definition) is 4. The highest BCUT2D eigenvalue weighted by Gasteiger charge is 2.36. The average Bonchev–Trinajstić information content (AvgIpc) is 3.71. The van der Waals surface area contributed by atoms with Gasteiger partial charge in [0, 0.05) is 6.54 Å². The molecule has 2 atom stereocenters. The van der Waals surface area contributed by atoms with Gasteiger partial charge in [-0.2, -0.15) is 0 Å². The second-order valence-electron chi connectivity index (χ2n) is 10.0. The van der Waals surface area contributed by atoms with E-state index < -0.39 is 0 Å². The van der Waals surface area contributed by atoms with Crippen LogP contribution >= 0.6 is 0 Å². The monoisotopic (exact) mass is 462 g/mol. The quantitative estimate of drug-likeness (QED) is 0.520. The SMILES string of the molecule is CC[C@@H](OC(=O)N1CCc2ccccc2[C@@H]1c1ccc(OC2CC2)cc1)C1CCN(CC)CC1. The maximum atomic E-state index is 13.6. The van der Waals surface area contributed by atoms with Gasteiger partial charge in [-0.05, 0) is 92.9 Å². The van der Waals surface area contributed by atoms with Gasteiger partial charge >= 0.3 is 6.09 Å². The summed E-state index contributed by atoms with van der Waals surface area (Å²) < 4.78 is 12.2. The fraction of sp³-hybridized carbons (Fsp3) is 0.552. The van der Waals surface area contributed by atoms with E-state index in [1.165, 1.54) is 11.1 Å². The summed E-state index contributed by atoms with van der Waals surface area (Å²) >= 11 is 0. The van der Waals surface area contributed by atoms with Gasteiger partial charge in [0.1, 0.15) is 11.9 Å². The van der Waals surface area contributed by atoms with Crippen LogP contribution in [0, 0.1) is 5.92 Å². The van der Waals surface area contributed by atoms with Crippen molar-refractivity contribution in [2.24, 2.45) is 5.92 Å². The van der Waals surface area contributed by atoms with E-state index in [1.807, 2.05) is 17.0 Å². The Hall–Kier alpha value is -2.53. The Labute approximate surface area is 204 Å². The Morgan fingerprint density at radius 2 is 1.71 bits per heavy atom. The lowest BCUT2D eigenvalue weighted by molar-refractivity contribution is 0.00782. The highest BCUT2D eigenvalue weighted by Crippen LogP contribution is 2.37. The molecular formula is C29H38N2O3. The van der Waals surface area contributed by atoms with Gasteiger partial charge in [0.25, 0.3) is 0 Å². The molecule has 2 aromatic rings. The Kier molecular flexibility index (Phi) is 7.10. The van der Waals surface area contributed by atoms with Crippen LogP contribution in [0.4, 0.5) is 4.79 Å². The Bertz CT molecular complexity index is 964. The van der Waals surface area contributed by atoms with Crippen molar-refractivity contribution < 1.29 is 14.3 Å². The summed E-state index contributed by atoms with van der Waals surface area (Å²) in [6.45, 7) is 8.34. The Balaban J connectivity index is 1.35. The first-order valence-electron chi connectivity index (χ1n) is 13.2. The summed E-state index contributed by atoms with van der Waals surface area (Å²) in [5.41, 5.74) is 3.62. The van der Waals surface area contributed by atoms with Gasteiger partial charge in [0.05, 0.1) is 12.1 Å². The van der Waals surface area contributed by atoms with E-state index in [4.69, 9.17) is 9.47 Å². The third-order valence-corrected chi connectivity index (χ3v) is 7.80. The molecule has 1 saturated carbocycles. The standard InChI is InChI=1S/C29H38N2O3/c1-3-27(22-15-18-30(4-2)19-16-22)34-29(32)31-20-17-21-7-5-6-8-26(21)28(31)23-9-11-24(12-10-23)33-25-13-14-25/h5-12,22,25,27-28H,3-4,13-20H2,1-2H3/t27-,28+/m1/s1.